The van der Waals surface area contributed by atoms with Gasteiger partial charge < -0.3 is 5.11 Å². The van der Waals surface area contributed by atoms with E-state index in [4.69, 9.17) is 0 Å². The number of hydrogen-bond acceptors (Lipinski definition) is 6. The molecule has 0 radical (unpaired) electrons. The van der Waals surface area contributed by atoms with Crippen molar-refractivity contribution < 1.29 is 9.90 Å². The number of amides is 1. The van der Waals surface area contributed by atoms with Crippen LogP contribution >= 0.6 is 11.3 Å². The summed E-state index contributed by atoms with van der Waals surface area (Å²) in [5, 5.41) is 16.1. The fraction of sp³-hybridized carbons (Fsp3) is 0.200. The Labute approximate surface area is 160 Å². The Morgan fingerprint density at radius 3 is 2.89 bits per heavy atom. The molecule has 2 unspecified atom stereocenters. The molecular formula is C20H20N4O2S. The summed E-state index contributed by atoms with van der Waals surface area (Å²) >= 11 is 1.72. The van der Waals surface area contributed by atoms with Gasteiger partial charge >= 0.3 is 0 Å². The molecule has 1 aromatic heterocycles. The molecule has 0 spiro atoms. The first-order valence-corrected chi connectivity index (χ1v) is 9.54. The topological polar surface area (TPSA) is 85.8 Å². The van der Waals surface area contributed by atoms with Crippen LogP contribution in [-0.2, 0) is 4.79 Å². The molecule has 0 bridgehead atoms. The van der Waals surface area contributed by atoms with E-state index in [1.807, 2.05) is 30.3 Å². The van der Waals surface area contributed by atoms with Crippen molar-refractivity contribution in [3.8, 4) is 5.75 Å². The van der Waals surface area contributed by atoms with Gasteiger partial charge in [-0.3, -0.25) is 4.79 Å². The van der Waals surface area contributed by atoms with Gasteiger partial charge in [0.2, 0.25) is 0 Å². The van der Waals surface area contributed by atoms with Crippen molar-refractivity contribution in [2.45, 2.75) is 25.4 Å². The van der Waals surface area contributed by atoms with E-state index in [-0.39, 0.29) is 23.7 Å². The number of hydrazine groups is 1. The van der Waals surface area contributed by atoms with Crippen molar-refractivity contribution in [2.75, 3.05) is 0 Å². The van der Waals surface area contributed by atoms with Crippen LogP contribution in [0.4, 0.5) is 0 Å². The summed E-state index contributed by atoms with van der Waals surface area (Å²) in [6.07, 6.45) is 2.14. The molecule has 7 heteroatoms. The number of nitrogens with zero attached hydrogens (tertiary/aromatic N) is 1. The molecule has 0 saturated carbocycles. The number of fused-ring (bicyclic) bond motifs is 1. The molecule has 1 aliphatic heterocycles. The Kier molecular flexibility index (Phi) is 4.89. The zero-order valence-electron chi connectivity index (χ0n) is 14.8. The standard InChI is InChI=1S/C20H20N4O2S/c1-12-6-9-19(27-12)16-10-17(23-22-16)20(26)24-21-11-15-14-5-3-2-4-13(14)7-8-18(15)25/h2-9,11,16-17,22-23,25H,10H2,1H3,(H,24,26)/b21-11+. The minimum Gasteiger partial charge on any atom is -0.507 e. The molecule has 2 aromatic carbocycles. The van der Waals surface area contributed by atoms with Crippen LogP contribution in [0.5, 0.6) is 5.75 Å². The lowest BCUT2D eigenvalue weighted by atomic mass is 10.0. The van der Waals surface area contributed by atoms with Crippen LogP contribution in [0, 0.1) is 6.92 Å². The minimum absolute atomic E-state index is 0.116. The van der Waals surface area contributed by atoms with E-state index in [0.29, 0.717) is 12.0 Å². The van der Waals surface area contributed by atoms with Gasteiger partial charge in [-0.25, -0.2) is 16.3 Å². The molecule has 2 atom stereocenters. The second-order valence-corrected chi connectivity index (χ2v) is 7.85. The highest BCUT2D eigenvalue weighted by Gasteiger charge is 2.30. The van der Waals surface area contributed by atoms with Gasteiger partial charge in [0.25, 0.3) is 5.91 Å². The Morgan fingerprint density at radius 2 is 2.07 bits per heavy atom. The molecule has 4 N–H and O–H groups in total. The molecule has 1 aliphatic rings. The summed E-state index contributed by atoms with van der Waals surface area (Å²) in [7, 11) is 0. The number of hydrazone groups is 1. The molecule has 2 heterocycles. The van der Waals surface area contributed by atoms with Crippen LogP contribution in [0.1, 0.15) is 27.8 Å². The monoisotopic (exact) mass is 380 g/mol. The van der Waals surface area contributed by atoms with Crippen molar-refractivity contribution >= 4 is 34.2 Å². The number of carbonyl (C=O) groups excluding carboxylic acids is 1. The normalized spacial score (nSPS) is 19.7. The van der Waals surface area contributed by atoms with Crippen molar-refractivity contribution in [3.63, 3.8) is 0 Å². The summed E-state index contributed by atoms with van der Waals surface area (Å²) in [6.45, 7) is 2.07. The summed E-state index contributed by atoms with van der Waals surface area (Å²) < 4.78 is 0. The molecular weight excluding hydrogens is 360 g/mol. The first kappa shape index (κ1) is 17.7. The molecule has 4 rings (SSSR count). The van der Waals surface area contributed by atoms with Gasteiger partial charge in [0.1, 0.15) is 11.8 Å². The second-order valence-electron chi connectivity index (χ2n) is 6.53. The van der Waals surface area contributed by atoms with Gasteiger partial charge in [0.05, 0.1) is 12.3 Å². The number of hydrogen-bond donors (Lipinski definition) is 4. The van der Waals surface area contributed by atoms with E-state index >= 15 is 0 Å². The van der Waals surface area contributed by atoms with Gasteiger partial charge in [-0.15, -0.1) is 11.3 Å². The maximum atomic E-state index is 12.4. The third kappa shape index (κ3) is 3.71. The summed E-state index contributed by atoms with van der Waals surface area (Å²) in [4.78, 5) is 14.8. The predicted molar refractivity (Wildman–Crippen MR) is 108 cm³/mol. The van der Waals surface area contributed by atoms with Crippen molar-refractivity contribution in [2.24, 2.45) is 5.10 Å². The van der Waals surface area contributed by atoms with E-state index in [2.05, 4.69) is 40.4 Å². The number of phenols is 1. The third-order valence-corrected chi connectivity index (χ3v) is 5.75. The highest BCUT2D eigenvalue weighted by Crippen LogP contribution is 2.28. The number of rotatable bonds is 4. The summed E-state index contributed by atoms with van der Waals surface area (Å²) in [6, 6.07) is 15.1. The Hall–Kier alpha value is -2.74. The first-order chi connectivity index (χ1) is 13.1. The molecule has 3 aromatic rings. The number of nitrogens with one attached hydrogen (secondary N) is 3. The zero-order chi connectivity index (χ0) is 18.8. The smallest absolute Gasteiger partial charge is 0.258 e. The van der Waals surface area contributed by atoms with Gasteiger partial charge in [0, 0.05) is 15.3 Å². The molecule has 1 fully saturated rings. The zero-order valence-corrected chi connectivity index (χ0v) is 15.6. The van der Waals surface area contributed by atoms with E-state index < -0.39 is 0 Å². The van der Waals surface area contributed by atoms with Gasteiger partial charge in [-0.1, -0.05) is 30.3 Å². The maximum Gasteiger partial charge on any atom is 0.258 e. The third-order valence-electron chi connectivity index (χ3n) is 4.64. The molecule has 1 amide bonds. The fourth-order valence-electron chi connectivity index (χ4n) is 3.21. The van der Waals surface area contributed by atoms with E-state index in [1.54, 1.807) is 17.4 Å². The SMILES string of the molecule is Cc1ccc(C2CC(C(=O)N/N=C/c3c(O)ccc4ccccc34)NN2)s1. The highest BCUT2D eigenvalue weighted by atomic mass is 32.1. The predicted octanol–water partition coefficient (Wildman–Crippen LogP) is 2.97. The average molecular weight is 380 g/mol. The number of phenolic OH excluding ortho intramolecular Hbond substituents is 1. The molecule has 0 aliphatic carbocycles. The Morgan fingerprint density at radius 1 is 1.22 bits per heavy atom. The second kappa shape index (κ2) is 7.48. The van der Waals surface area contributed by atoms with Crippen LogP contribution in [0.25, 0.3) is 10.8 Å². The van der Waals surface area contributed by atoms with E-state index in [9.17, 15) is 9.90 Å². The first-order valence-electron chi connectivity index (χ1n) is 8.73. The summed E-state index contributed by atoms with van der Waals surface area (Å²) in [5.74, 6) is -0.0882. The molecule has 6 nitrogen and oxygen atoms in total. The maximum absolute atomic E-state index is 12.4. The van der Waals surface area contributed by atoms with Gasteiger partial charge in [-0.2, -0.15) is 5.10 Å². The van der Waals surface area contributed by atoms with Crippen molar-refractivity contribution in [3.05, 3.63) is 63.8 Å². The van der Waals surface area contributed by atoms with Crippen LogP contribution in [0.3, 0.4) is 0 Å². The van der Waals surface area contributed by atoms with E-state index in [0.717, 1.165) is 10.8 Å². The molecule has 27 heavy (non-hydrogen) atoms. The lowest BCUT2D eigenvalue weighted by molar-refractivity contribution is -0.122. The lowest BCUT2D eigenvalue weighted by Crippen LogP contribution is -2.41. The molecule has 1 saturated heterocycles. The van der Waals surface area contributed by atoms with Gasteiger partial charge in [0.15, 0.2) is 0 Å². The number of carbonyl (C=O) groups is 1. The molecule has 138 valence electrons. The van der Waals surface area contributed by atoms with Crippen molar-refractivity contribution in [1.82, 2.24) is 16.3 Å². The minimum atomic E-state index is -0.365. The van der Waals surface area contributed by atoms with Crippen LogP contribution in [0.2, 0.25) is 0 Å². The summed E-state index contributed by atoms with van der Waals surface area (Å²) in [5.41, 5.74) is 9.34. The highest BCUT2D eigenvalue weighted by molar-refractivity contribution is 7.12. The number of aryl methyl sites for hydroxylation is 1. The number of thiophene rings is 1. The van der Waals surface area contributed by atoms with Crippen LogP contribution in [0.15, 0.2) is 53.6 Å². The number of aromatic hydroxyl groups is 1. The number of benzene rings is 2. The average Bonchev–Trinajstić information content (AvgIpc) is 3.32. The Bertz CT molecular complexity index is 1010. The van der Waals surface area contributed by atoms with Crippen molar-refractivity contribution in [1.29, 1.82) is 0 Å². The largest absolute Gasteiger partial charge is 0.507 e. The quantitative estimate of drug-likeness (QED) is 0.414. The van der Waals surface area contributed by atoms with Gasteiger partial charge in [-0.05, 0) is 42.3 Å². The van der Waals surface area contributed by atoms with Crippen LogP contribution < -0.4 is 16.3 Å². The van der Waals surface area contributed by atoms with Crippen LogP contribution in [-0.4, -0.2) is 23.3 Å². The Balaban J connectivity index is 1.42. The fourth-order valence-corrected chi connectivity index (χ4v) is 4.15. The lowest BCUT2D eigenvalue weighted by Gasteiger charge is -2.07. The van der Waals surface area contributed by atoms with E-state index in [1.165, 1.54) is 16.0 Å².